The maximum absolute atomic E-state index is 5.52. The molecule has 0 aromatic carbocycles. The molecule has 0 spiro atoms. The highest BCUT2D eigenvalue weighted by molar-refractivity contribution is 5.47. The molecule has 1 aromatic heterocycles. The van der Waals surface area contributed by atoms with E-state index in [4.69, 9.17) is 5.73 Å². The highest BCUT2D eigenvalue weighted by atomic mass is 15.3. The molecule has 0 aliphatic carbocycles. The van der Waals surface area contributed by atoms with Gasteiger partial charge < -0.3 is 16.0 Å². The summed E-state index contributed by atoms with van der Waals surface area (Å²) in [5.41, 5.74) is 5.52. The second-order valence-corrected chi connectivity index (χ2v) is 2.92. The molecule has 66 valence electrons. The number of hydrogen-bond donors (Lipinski definition) is 3. The molecule has 0 radical (unpaired) electrons. The molecule has 5 nitrogen and oxygen atoms in total. The van der Waals surface area contributed by atoms with Crippen molar-refractivity contribution in [2.45, 2.75) is 0 Å². The maximum atomic E-state index is 5.52. The molecule has 2 heterocycles. The third kappa shape index (κ3) is 1.35. The van der Waals surface area contributed by atoms with Gasteiger partial charge in [0.15, 0.2) is 5.82 Å². The zero-order valence-electron chi connectivity index (χ0n) is 6.88. The lowest BCUT2D eigenvalue weighted by Crippen LogP contribution is -2.43. The van der Waals surface area contributed by atoms with Gasteiger partial charge in [0.2, 0.25) is 0 Å². The van der Waals surface area contributed by atoms with Gasteiger partial charge in [-0.3, -0.25) is 5.10 Å². The zero-order valence-corrected chi connectivity index (χ0v) is 6.88. The largest absolute Gasteiger partial charge is 0.384 e. The average molecular weight is 167 g/mol. The predicted molar refractivity (Wildman–Crippen MR) is 48.1 cm³/mol. The van der Waals surface area contributed by atoms with E-state index in [0.717, 1.165) is 32.0 Å². The third-order valence-corrected chi connectivity index (χ3v) is 2.03. The van der Waals surface area contributed by atoms with Gasteiger partial charge in [-0.25, -0.2) is 0 Å². The molecule has 5 heteroatoms. The Bertz CT molecular complexity index is 250. The predicted octanol–water partition coefficient (Wildman–Crippen LogP) is -0.599. The molecule has 0 saturated carbocycles. The van der Waals surface area contributed by atoms with E-state index >= 15 is 0 Å². The van der Waals surface area contributed by atoms with Gasteiger partial charge >= 0.3 is 0 Å². The first-order chi connectivity index (χ1) is 5.86. The van der Waals surface area contributed by atoms with Crippen molar-refractivity contribution in [1.82, 2.24) is 15.5 Å². The highest BCUT2D eigenvalue weighted by Crippen LogP contribution is 2.12. The van der Waals surface area contributed by atoms with Gasteiger partial charge in [0, 0.05) is 32.2 Å². The SMILES string of the molecule is Nc1cc(N2CCNCC2)n[nH]1. The first-order valence-corrected chi connectivity index (χ1v) is 4.13. The van der Waals surface area contributed by atoms with Gasteiger partial charge in [-0.15, -0.1) is 0 Å². The first-order valence-electron chi connectivity index (χ1n) is 4.13. The number of nitrogens with zero attached hydrogens (tertiary/aromatic N) is 2. The summed E-state index contributed by atoms with van der Waals surface area (Å²) in [6, 6.07) is 1.87. The van der Waals surface area contributed by atoms with Crippen LogP contribution in [0.2, 0.25) is 0 Å². The van der Waals surface area contributed by atoms with Crippen molar-refractivity contribution in [2.75, 3.05) is 36.8 Å². The standard InChI is InChI=1S/C7H13N5/c8-6-5-7(11-10-6)12-3-1-9-2-4-12/h5,9H,1-4H2,(H3,8,10,11). The number of rotatable bonds is 1. The molecule has 12 heavy (non-hydrogen) atoms. The van der Waals surface area contributed by atoms with E-state index in [1.165, 1.54) is 0 Å². The second-order valence-electron chi connectivity index (χ2n) is 2.92. The minimum absolute atomic E-state index is 0.628. The molecule has 0 atom stereocenters. The number of piperazine rings is 1. The van der Waals surface area contributed by atoms with E-state index in [-0.39, 0.29) is 0 Å². The summed E-state index contributed by atoms with van der Waals surface area (Å²) in [4.78, 5) is 2.21. The summed E-state index contributed by atoms with van der Waals surface area (Å²) >= 11 is 0. The Morgan fingerprint density at radius 1 is 1.42 bits per heavy atom. The number of hydrogen-bond acceptors (Lipinski definition) is 4. The second kappa shape index (κ2) is 3.02. The average Bonchev–Trinajstić information content (AvgIpc) is 2.54. The van der Waals surface area contributed by atoms with Crippen molar-refractivity contribution >= 4 is 11.6 Å². The van der Waals surface area contributed by atoms with Crippen LogP contribution in [0.5, 0.6) is 0 Å². The highest BCUT2D eigenvalue weighted by Gasteiger charge is 2.12. The molecule has 0 bridgehead atoms. The van der Waals surface area contributed by atoms with Crippen molar-refractivity contribution in [3.8, 4) is 0 Å². The van der Waals surface area contributed by atoms with Crippen LogP contribution in [0.3, 0.4) is 0 Å². The molecular weight excluding hydrogens is 154 g/mol. The Morgan fingerprint density at radius 2 is 2.17 bits per heavy atom. The van der Waals surface area contributed by atoms with E-state index in [0.29, 0.717) is 5.82 Å². The van der Waals surface area contributed by atoms with Crippen LogP contribution in [0.1, 0.15) is 0 Å². The molecule has 0 unspecified atom stereocenters. The Labute approximate surface area is 70.9 Å². The molecule has 4 N–H and O–H groups in total. The fraction of sp³-hybridized carbons (Fsp3) is 0.571. The van der Waals surface area contributed by atoms with Crippen LogP contribution >= 0.6 is 0 Å². The van der Waals surface area contributed by atoms with Gasteiger partial charge in [-0.2, -0.15) is 5.10 Å². The van der Waals surface area contributed by atoms with Crippen molar-refractivity contribution in [3.63, 3.8) is 0 Å². The fourth-order valence-electron chi connectivity index (χ4n) is 1.38. The van der Waals surface area contributed by atoms with Gasteiger partial charge in [0.1, 0.15) is 5.82 Å². The number of aromatic amines is 1. The zero-order chi connectivity index (χ0) is 8.39. The van der Waals surface area contributed by atoms with E-state index < -0.39 is 0 Å². The topological polar surface area (TPSA) is 70.0 Å². The summed E-state index contributed by atoms with van der Waals surface area (Å²) in [6.45, 7) is 4.05. The lowest BCUT2D eigenvalue weighted by Gasteiger charge is -2.26. The summed E-state index contributed by atoms with van der Waals surface area (Å²) in [6.07, 6.45) is 0. The fourth-order valence-corrected chi connectivity index (χ4v) is 1.38. The number of nitrogens with two attached hydrogens (primary N) is 1. The summed E-state index contributed by atoms with van der Waals surface area (Å²) < 4.78 is 0. The van der Waals surface area contributed by atoms with Crippen molar-refractivity contribution in [2.24, 2.45) is 0 Å². The van der Waals surface area contributed by atoms with Crippen LogP contribution in [-0.4, -0.2) is 36.4 Å². The Hall–Kier alpha value is -1.23. The molecule has 1 aliphatic rings. The van der Waals surface area contributed by atoms with E-state index in [9.17, 15) is 0 Å². The van der Waals surface area contributed by atoms with Gasteiger partial charge in [0.25, 0.3) is 0 Å². The van der Waals surface area contributed by atoms with E-state index in [2.05, 4.69) is 20.4 Å². The minimum atomic E-state index is 0.628. The monoisotopic (exact) mass is 167 g/mol. The summed E-state index contributed by atoms with van der Waals surface area (Å²) in [5, 5.41) is 10.1. The lowest BCUT2D eigenvalue weighted by molar-refractivity contribution is 0.584. The van der Waals surface area contributed by atoms with Crippen LogP contribution < -0.4 is 16.0 Å². The third-order valence-electron chi connectivity index (χ3n) is 2.03. The normalized spacial score (nSPS) is 18.2. The molecule has 1 fully saturated rings. The van der Waals surface area contributed by atoms with Gasteiger partial charge in [0.05, 0.1) is 0 Å². The molecule has 1 aromatic rings. The molecule has 0 amide bonds. The number of nitrogens with one attached hydrogen (secondary N) is 2. The number of H-pyrrole nitrogens is 1. The quantitative estimate of drug-likeness (QED) is 0.522. The van der Waals surface area contributed by atoms with Crippen LogP contribution in [0.4, 0.5) is 11.6 Å². The first kappa shape index (κ1) is 7.42. The van der Waals surface area contributed by atoms with E-state index in [1.807, 2.05) is 6.07 Å². The van der Waals surface area contributed by atoms with Gasteiger partial charge in [-0.05, 0) is 0 Å². The molecule has 1 aliphatic heterocycles. The van der Waals surface area contributed by atoms with Gasteiger partial charge in [-0.1, -0.05) is 0 Å². The smallest absolute Gasteiger partial charge is 0.152 e. The van der Waals surface area contributed by atoms with Crippen LogP contribution in [-0.2, 0) is 0 Å². The molecular formula is C7H13N5. The number of aromatic nitrogens is 2. The Morgan fingerprint density at radius 3 is 2.75 bits per heavy atom. The van der Waals surface area contributed by atoms with Crippen molar-refractivity contribution in [1.29, 1.82) is 0 Å². The minimum Gasteiger partial charge on any atom is -0.384 e. The summed E-state index contributed by atoms with van der Waals surface area (Å²) in [7, 11) is 0. The molecule has 2 rings (SSSR count). The van der Waals surface area contributed by atoms with Crippen LogP contribution in [0.15, 0.2) is 6.07 Å². The Kier molecular flexibility index (Phi) is 1.87. The number of nitrogen functional groups attached to an aromatic ring is 1. The van der Waals surface area contributed by atoms with Crippen LogP contribution in [0.25, 0.3) is 0 Å². The molecule has 1 saturated heterocycles. The maximum Gasteiger partial charge on any atom is 0.152 e. The van der Waals surface area contributed by atoms with Crippen LogP contribution in [0, 0.1) is 0 Å². The van der Waals surface area contributed by atoms with Crippen molar-refractivity contribution < 1.29 is 0 Å². The Balaban J connectivity index is 2.08. The lowest BCUT2D eigenvalue weighted by atomic mass is 10.3. The van der Waals surface area contributed by atoms with E-state index in [1.54, 1.807) is 0 Å². The summed E-state index contributed by atoms with van der Waals surface area (Å²) in [5.74, 6) is 1.58. The number of anilines is 2. The van der Waals surface area contributed by atoms with Crippen molar-refractivity contribution in [3.05, 3.63) is 6.07 Å².